The average molecular weight is 657 g/mol. The fraction of sp³-hybridized carbons (Fsp3) is 0.545. The van der Waals surface area contributed by atoms with E-state index in [1.165, 1.54) is 6.07 Å². The second kappa shape index (κ2) is 13.2. The zero-order valence-corrected chi connectivity index (χ0v) is 26.3. The summed E-state index contributed by atoms with van der Waals surface area (Å²) < 4.78 is 12.3. The summed E-state index contributed by atoms with van der Waals surface area (Å²) in [6.07, 6.45) is 0.883. The van der Waals surface area contributed by atoms with Gasteiger partial charge in [-0.05, 0) is 44.2 Å². The third-order valence-electron chi connectivity index (χ3n) is 9.77. The van der Waals surface area contributed by atoms with E-state index in [2.05, 4.69) is 10.3 Å². The lowest BCUT2D eigenvalue weighted by molar-refractivity contribution is -0.856. The van der Waals surface area contributed by atoms with Crippen molar-refractivity contribution in [3.05, 3.63) is 63.3 Å². The van der Waals surface area contributed by atoms with Gasteiger partial charge in [0.25, 0.3) is 0 Å². The van der Waals surface area contributed by atoms with Crippen molar-refractivity contribution in [3.63, 3.8) is 0 Å². The highest BCUT2D eigenvalue weighted by atomic mass is 17.2. The Morgan fingerprint density at radius 2 is 2.02 bits per heavy atom. The van der Waals surface area contributed by atoms with Crippen molar-refractivity contribution in [2.75, 3.05) is 32.8 Å². The van der Waals surface area contributed by atoms with E-state index in [0.29, 0.717) is 65.3 Å². The SMILES string of the molecule is Cc1cc(=O)c2cc3c(cc2o1)O[C@](C)(CC[C@@H]1CNC(=O)C1)[C@H](OOC[C@H](O)[C@](O)(C[NH+]1CC=C2N=CC=C21)[C@H](O)[C@H](O)CO)C3. The second-order valence-electron chi connectivity index (χ2n) is 13.2. The first-order chi connectivity index (χ1) is 22.4. The van der Waals surface area contributed by atoms with Crippen molar-refractivity contribution in [3.8, 4) is 5.75 Å². The van der Waals surface area contributed by atoms with Gasteiger partial charge in [-0.25, -0.2) is 9.78 Å². The molecule has 47 heavy (non-hydrogen) atoms. The number of hydrogen-bond donors (Lipinski definition) is 7. The Labute approximate surface area is 270 Å². The van der Waals surface area contributed by atoms with Crippen LogP contribution in [0.1, 0.15) is 37.5 Å². The largest absolute Gasteiger partial charge is 0.484 e. The summed E-state index contributed by atoms with van der Waals surface area (Å²) in [6, 6.07) is 4.81. The zero-order valence-electron chi connectivity index (χ0n) is 26.3. The highest BCUT2D eigenvalue weighted by Crippen LogP contribution is 2.40. The molecular formula is C33H42N3O11+. The molecule has 14 nitrogen and oxygen atoms in total. The quantitative estimate of drug-likeness (QED) is 0.0985. The molecule has 5 heterocycles. The molecule has 1 amide bonds. The summed E-state index contributed by atoms with van der Waals surface area (Å²) in [5, 5.41) is 56.8. The van der Waals surface area contributed by atoms with E-state index in [4.69, 9.17) is 18.9 Å². The van der Waals surface area contributed by atoms with Crippen LogP contribution in [0.5, 0.6) is 5.75 Å². The number of benzene rings is 1. The summed E-state index contributed by atoms with van der Waals surface area (Å²) in [5.74, 6) is 1.11. The summed E-state index contributed by atoms with van der Waals surface area (Å²) in [5.41, 5.74) is -0.914. The van der Waals surface area contributed by atoms with Gasteiger partial charge >= 0.3 is 0 Å². The van der Waals surface area contributed by atoms with Crippen molar-refractivity contribution in [2.24, 2.45) is 10.9 Å². The molecule has 6 rings (SSSR count). The van der Waals surface area contributed by atoms with Crippen LogP contribution < -0.4 is 20.4 Å². The van der Waals surface area contributed by atoms with Crippen LogP contribution >= 0.6 is 0 Å². The number of quaternary nitrogens is 1. The van der Waals surface area contributed by atoms with Crippen LogP contribution in [0.3, 0.4) is 0 Å². The molecule has 1 fully saturated rings. The Kier molecular flexibility index (Phi) is 9.39. The van der Waals surface area contributed by atoms with Crippen LogP contribution in [0.4, 0.5) is 0 Å². The molecule has 254 valence electrons. The van der Waals surface area contributed by atoms with Crippen LogP contribution in [0.15, 0.2) is 55.9 Å². The number of amides is 1. The molecule has 1 aromatic heterocycles. The van der Waals surface area contributed by atoms with Gasteiger partial charge < -0.3 is 40.0 Å². The van der Waals surface area contributed by atoms with Crippen molar-refractivity contribution < 1.29 is 54.2 Å². The number of aliphatic imine (C=N–C) groups is 1. The molecule has 2 aromatic rings. The van der Waals surface area contributed by atoms with Gasteiger partial charge in [-0.2, -0.15) is 0 Å². The molecule has 1 unspecified atom stereocenters. The second-order valence-corrected chi connectivity index (χ2v) is 13.2. The minimum atomic E-state index is -2.32. The Morgan fingerprint density at radius 3 is 2.77 bits per heavy atom. The van der Waals surface area contributed by atoms with E-state index in [1.54, 1.807) is 31.3 Å². The number of aliphatic hydroxyl groups excluding tert-OH is 4. The lowest BCUT2D eigenvalue weighted by atomic mass is 9.83. The van der Waals surface area contributed by atoms with E-state index in [9.17, 15) is 35.1 Å². The minimum Gasteiger partial charge on any atom is -0.484 e. The lowest BCUT2D eigenvalue weighted by Gasteiger charge is -2.42. The molecule has 8 atom stereocenters. The van der Waals surface area contributed by atoms with Crippen molar-refractivity contribution in [1.29, 1.82) is 0 Å². The van der Waals surface area contributed by atoms with Crippen LogP contribution in [0.2, 0.25) is 0 Å². The van der Waals surface area contributed by atoms with Gasteiger partial charge in [0.1, 0.15) is 72.5 Å². The smallest absolute Gasteiger partial charge is 0.220 e. The fourth-order valence-corrected chi connectivity index (χ4v) is 6.87. The molecule has 0 spiro atoms. The number of hydrogen-bond acceptors (Lipinski definition) is 12. The van der Waals surface area contributed by atoms with Gasteiger partial charge in [0.2, 0.25) is 5.91 Å². The van der Waals surface area contributed by atoms with Gasteiger partial charge in [-0.3, -0.25) is 19.5 Å². The number of nitrogens with zero attached hydrogens (tertiary/aromatic N) is 1. The molecular weight excluding hydrogens is 614 g/mol. The van der Waals surface area contributed by atoms with Gasteiger partial charge in [-0.15, -0.1) is 0 Å². The number of aliphatic hydroxyl groups is 5. The van der Waals surface area contributed by atoms with Gasteiger partial charge in [-0.1, -0.05) is 0 Å². The summed E-state index contributed by atoms with van der Waals surface area (Å²) >= 11 is 0. The van der Waals surface area contributed by atoms with Crippen LogP contribution in [-0.4, -0.2) is 106 Å². The first-order valence-electron chi connectivity index (χ1n) is 15.9. The maximum atomic E-state index is 12.7. The first-order valence-corrected chi connectivity index (χ1v) is 15.9. The number of carbonyl (C=O) groups excluding carboxylic acids is 1. The maximum absolute atomic E-state index is 12.7. The third-order valence-corrected chi connectivity index (χ3v) is 9.77. The molecule has 1 aromatic carbocycles. The molecule has 1 saturated heterocycles. The molecule has 4 aliphatic heterocycles. The van der Waals surface area contributed by atoms with Gasteiger partial charge in [0.15, 0.2) is 16.7 Å². The van der Waals surface area contributed by atoms with Crippen molar-refractivity contribution in [1.82, 2.24) is 5.32 Å². The number of nitrogens with one attached hydrogen (secondary N) is 2. The summed E-state index contributed by atoms with van der Waals surface area (Å²) in [4.78, 5) is 40.9. The maximum Gasteiger partial charge on any atom is 0.220 e. The predicted molar refractivity (Wildman–Crippen MR) is 167 cm³/mol. The molecule has 4 aliphatic rings. The summed E-state index contributed by atoms with van der Waals surface area (Å²) in [7, 11) is 0. The standard InChI is InChI=1S/C33H41N3O11/c1-18-9-24(38)21-11-20-12-29(32(2,46-26(20)13-27(21)45-18)6-3-19-10-30(41)35-14-19)47-44-16-28(40)33(43,31(42)25(39)15-37)17-36-8-5-22-23(36)4-7-34-22/h4-5,7,9,11,13,19,25,28-29,31,37,39-40,42-43H,3,6,8,10,12,14-17H2,1-2H3,(H,35,41)/p+1/t19-,25+,28-,29+,31+,32+,33+/m0/s1. The van der Waals surface area contributed by atoms with E-state index in [0.717, 1.165) is 11.4 Å². The topological polar surface area (TPSA) is 205 Å². The monoisotopic (exact) mass is 656 g/mol. The molecule has 0 radical (unpaired) electrons. The fourth-order valence-electron chi connectivity index (χ4n) is 6.87. The van der Waals surface area contributed by atoms with E-state index in [-0.39, 0.29) is 30.2 Å². The van der Waals surface area contributed by atoms with Gasteiger partial charge in [0.05, 0.1) is 12.0 Å². The molecule has 0 aliphatic carbocycles. The van der Waals surface area contributed by atoms with Crippen LogP contribution in [-0.2, 0) is 21.0 Å². The number of allylic oxidation sites excluding steroid dienone is 1. The number of ether oxygens (including phenoxy) is 1. The number of fused-ring (bicyclic) bond motifs is 3. The van der Waals surface area contributed by atoms with E-state index >= 15 is 0 Å². The average Bonchev–Trinajstić information content (AvgIpc) is 3.77. The van der Waals surface area contributed by atoms with Crippen molar-refractivity contribution >= 4 is 23.1 Å². The van der Waals surface area contributed by atoms with Gasteiger partial charge in [0, 0.05) is 49.9 Å². The number of aryl methyl sites for hydroxylation is 1. The lowest BCUT2D eigenvalue weighted by Crippen LogP contribution is -3.11. The molecule has 14 heteroatoms. The van der Waals surface area contributed by atoms with Crippen LogP contribution in [0.25, 0.3) is 11.0 Å². The Hall–Kier alpha value is -3.47. The third kappa shape index (κ3) is 6.65. The van der Waals surface area contributed by atoms with E-state index < -0.39 is 48.8 Å². The minimum absolute atomic E-state index is 0.00226. The molecule has 0 saturated carbocycles. The first kappa shape index (κ1) is 33.4. The normalized spacial score (nSPS) is 28.1. The highest BCUT2D eigenvalue weighted by Gasteiger charge is 2.51. The van der Waals surface area contributed by atoms with Crippen LogP contribution in [0, 0.1) is 12.8 Å². The Morgan fingerprint density at radius 1 is 1.21 bits per heavy atom. The summed E-state index contributed by atoms with van der Waals surface area (Å²) in [6.45, 7) is 2.88. The number of rotatable bonds is 13. The highest BCUT2D eigenvalue weighted by molar-refractivity contribution is 5.80. The van der Waals surface area contributed by atoms with E-state index in [1.807, 2.05) is 13.0 Å². The molecule has 0 bridgehead atoms. The predicted octanol–water partition coefficient (Wildman–Crippen LogP) is -1.42. The Bertz CT molecular complexity index is 1670. The molecule has 7 N–H and O–H groups in total. The zero-order chi connectivity index (χ0) is 33.5. The number of carbonyl (C=O) groups is 1. The van der Waals surface area contributed by atoms with Crippen molar-refractivity contribution in [2.45, 2.75) is 75.1 Å². The Balaban J connectivity index is 1.20.